The van der Waals surface area contributed by atoms with Crippen molar-refractivity contribution in [1.29, 1.82) is 0 Å². The van der Waals surface area contributed by atoms with E-state index in [1.807, 2.05) is 0 Å². The van der Waals surface area contributed by atoms with Crippen LogP contribution in [0.1, 0.15) is 66.2 Å². The summed E-state index contributed by atoms with van der Waals surface area (Å²) >= 11 is 0. The summed E-state index contributed by atoms with van der Waals surface area (Å²) in [5.41, 5.74) is 3.43. The Kier molecular flexibility index (Phi) is 3.66. The number of carbonyl (C=O) groups excluding carboxylic acids is 1. The van der Waals surface area contributed by atoms with Crippen LogP contribution in [0.25, 0.3) is 0 Å². The van der Waals surface area contributed by atoms with Crippen LogP contribution in [-0.4, -0.2) is 6.29 Å². The molecule has 0 bridgehead atoms. The Morgan fingerprint density at radius 3 is 2.71 bits per heavy atom. The van der Waals surface area contributed by atoms with E-state index in [9.17, 15) is 4.79 Å². The Hall–Kier alpha value is -0.850. The Bertz CT molecular complexity index is 498. The van der Waals surface area contributed by atoms with E-state index in [2.05, 4.69) is 39.8 Å². The fraction of sp³-hybridized carbons (Fsp3) is 0.750. The molecule has 1 nitrogen and oxygen atoms in total. The van der Waals surface area contributed by atoms with Gasteiger partial charge in [-0.15, -0.1) is 0 Å². The lowest BCUT2D eigenvalue weighted by atomic mass is 9.47. The molecule has 3 rings (SSSR count). The molecule has 0 heterocycles. The first-order valence-corrected chi connectivity index (χ1v) is 8.77. The van der Waals surface area contributed by atoms with Gasteiger partial charge in [-0.3, -0.25) is 0 Å². The molecule has 4 atom stereocenters. The van der Waals surface area contributed by atoms with Crippen molar-refractivity contribution in [1.82, 2.24) is 0 Å². The fourth-order valence-electron chi connectivity index (χ4n) is 5.53. The first kappa shape index (κ1) is 15.1. The van der Waals surface area contributed by atoms with E-state index in [1.165, 1.54) is 32.0 Å². The average Bonchev–Trinajstić information content (AvgIpc) is 2.46. The molecule has 3 aliphatic rings. The third-order valence-electron chi connectivity index (χ3n) is 6.90. The smallest absolute Gasteiger partial charge is 0.126 e. The number of rotatable bonds is 2. The van der Waals surface area contributed by atoms with Gasteiger partial charge in [0.05, 0.1) is 0 Å². The topological polar surface area (TPSA) is 17.1 Å². The van der Waals surface area contributed by atoms with Crippen LogP contribution < -0.4 is 0 Å². The molecule has 0 aliphatic heterocycles. The summed E-state index contributed by atoms with van der Waals surface area (Å²) in [5.74, 6) is 1.89. The zero-order chi connectivity index (χ0) is 15.3. The van der Waals surface area contributed by atoms with Crippen molar-refractivity contribution in [3.8, 4) is 0 Å². The molecule has 3 aliphatic carbocycles. The first-order valence-electron chi connectivity index (χ1n) is 8.77. The van der Waals surface area contributed by atoms with Gasteiger partial charge in [0.1, 0.15) is 6.29 Å². The lowest BCUT2D eigenvalue weighted by Gasteiger charge is -2.57. The summed E-state index contributed by atoms with van der Waals surface area (Å²) < 4.78 is 0. The van der Waals surface area contributed by atoms with Crippen molar-refractivity contribution in [3.63, 3.8) is 0 Å². The molecule has 116 valence electrons. The number of fused-ring (bicyclic) bond motifs is 3. The van der Waals surface area contributed by atoms with E-state index in [0.717, 1.165) is 12.8 Å². The van der Waals surface area contributed by atoms with Gasteiger partial charge in [-0.05, 0) is 60.8 Å². The maximum Gasteiger partial charge on any atom is 0.126 e. The summed E-state index contributed by atoms with van der Waals surface area (Å²) in [6.45, 7) is 9.30. The van der Waals surface area contributed by atoms with Crippen LogP contribution in [0.2, 0.25) is 0 Å². The van der Waals surface area contributed by atoms with Crippen LogP contribution in [-0.2, 0) is 4.79 Å². The lowest BCUT2D eigenvalue weighted by molar-refractivity contribution is -0.128. The molecule has 0 aromatic heterocycles. The van der Waals surface area contributed by atoms with E-state index in [1.54, 1.807) is 11.1 Å². The molecule has 0 radical (unpaired) electrons. The Morgan fingerprint density at radius 2 is 2.05 bits per heavy atom. The second-order valence-electron chi connectivity index (χ2n) is 8.44. The maximum atomic E-state index is 11.7. The highest BCUT2D eigenvalue weighted by atomic mass is 16.1. The Morgan fingerprint density at radius 1 is 1.29 bits per heavy atom. The third-order valence-corrected chi connectivity index (χ3v) is 6.90. The average molecular weight is 286 g/mol. The summed E-state index contributed by atoms with van der Waals surface area (Å²) in [6.07, 6.45) is 13.5. The largest absolute Gasteiger partial charge is 0.303 e. The summed E-state index contributed by atoms with van der Waals surface area (Å²) in [4.78, 5) is 11.7. The molecule has 1 saturated carbocycles. The quantitative estimate of drug-likeness (QED) is 0.628. The van der Waals surface area contributed by atoms with Crippen molar-refractivity contribution in [2.24, 2.45) is 28.6 Å². The minimum absolute atomic E-state index is 0.100. The van der Waals surface area contributed by atoms with Crippen LogP contribution in [0.4, 0.5) is 0 Å². The lowest BCUT2D eigenvalue weighted by Crippen LogP contribution is -2.50. The van der Waals surface area contributed by atoms with Gasteiger partial charge in [-0.25, -0.2) is 0 Å². The molecule has 0 amide bonds. The number of aldehydes is 1. The van der Waals surface area contributed by atoms with Crippen molar-refractivity contribution in [2.75, 3.05) is 0 Å². The number of allylic oxidation sites excluding steroid dienone is 4. The highest BCUT2D eigenvalue weighted by Gasteiger charge is 2.54. The highest BCUT2D eigenvalue weighted by molar-refractivity contribution is 5.60. The van der Waals surface area contributed by atoms with Gasteiger partial charge in [0, 0.05) is 5.41 Å². The SMILES string of the molecule is CC(C)C1=CC2=CCC3C(C)(C=O)CCCC3(C)C2CC1. The zero-order valence-electron chi connectivity index (χ0n) is 14.1. The number of hydrogen-bond acceptors (Lipinski definition) is 1. The second-order valence-corrected chi connectivity index (χ2v) is 8.44. The second kappa shape index (κ2) is 5.11. The van der Waals surface area contributed by atoms with Crippen LogP contribution in [0.15, 0.2) is 23.3 Å². The molecule has 0 aromatic carbocycles. The van der Waals surface area contributed by atoms with E-state index in [4.69, 9.17) is 0 Å². The van der Waals surface area contributed by atoms with Crippen LogP contribution >= 0.6 is 0 Å². The van der Waals surface area contributed by atoms with Gasteiger partial charge in [-0.1, -0.05) is 51.8 Å². The predicted octanol–water partition coefficient (Wildman–Crippen LogP) is 5.32. The highest BCUT2D eigenvalue weighted by Crippen LogP contribution is 2.61. The molecule has 0 aromatic rings. The summed E-state index contributed by atoms with van der Waals surface area (Å²) in [6, 6.07) is 0. The monoisotopic (exact) mass is 286 g/mol. The molecular weight excluding hydrogens is 256 g/mol. The number of hydrogen-bond donors (Lipinski definition) is 0. The summed E-state index contributed by atoms with van der Waals surface area (Å²) in [5, 5.41) is 0. The minimum Gasteiger partial charge on any atom is -0.303 e. The normalized spacial score (nSPS) is 42.7. The molecule has 0 spiro atoms. The minimum atomic E-state index is -0.100. The molecule has 1 heteroatoms. The van der Waals surface area contributed by atoms with E-state index in [-0.39, 0.29) is 5.41 Å². The third kappa shape index (κ3) is 2.24. The molecule has 4 unspecified atom stereocenters. The van der Waals surface area contributed by atoms with Gasteiger partial charge in [0.25, 0.3) is 0 Å². The predicted molar refractivity (Wildman–Crippen MR) is 88.0 cm³/mol. The van der Waals surface area contributed by atoms with Gasteiger partial charge in [0.15, 0.2) is 0 Å². The van der Waals surface area contributed by atoms with Gasteiger partial charge in [0.2, 0.25) is 0 Å². The summed E-state index contributed by atoms with van der Waals surface area (Å²) in [7, 11) is 0. The van der Waals surface area contributed by atoms with Crippen molar-refractivity contribution in [2.45, 2.75) is 66.2 Å². The van der Waals surface area contributed by atoms with Gasteiger partial charge < -0.3 is 4.79 Å². The van der Waals surface area contributed by atoms with Crippen molar-refractivity contribution < 1.29 is 4.79 Å². The van der Waals surface area contributed by atoms with Gasteiger partial charge in [-0.2, -0.15) is 0 Å². The fourth-order valence-corrected chi connectivity index (χ4v) is 5.53. The Labute approximate surface area is 129 Å². The molecule has 0 saturated heterocycles. The van der Waals surface area contributed by atoms with Crippen LogP contribution in [0, 0.1) is 28.6 Å². The number of carbonyl (C=O) groups is 1. The zero-order valence-corrected chi connectivity index (χ0v) is 14.1. The molecular formula is C20H30O. The standard InChI is InChI=1S/C20H30O/c1-14(2)15-6-8-17-16(12-15)7-9-18-19(3,13-21)10-5-11-20(17,18)4/h7,12-14,17-18H,5-6,8-11H2,1-4H3. The maximum absolute atomic E-state index is 11.7. The van der Waals surface area contributed by atoms with Crippen LogP contribution in [0.5, 0.6) is 0 Å². The van der Waals surface area contributed by atoms with Crippen molar-refractivity contribution >= 4 is 6.29 Å². The van der Waals surface area contributed by atoms with E-state index < -0.39 is 0 Å². The van der Waals surface area contributed by atoms with Crippen molar-refractivity contribution in [3.05, 3.63) is 23.3 Å². The Balaban J connectivity index is 1.99. The molecule has 21 heavy (non-hydrogen) atoms. The van der Waals surface area contributed by atoms with E-state index >= 15 is 0 Å². The van der Waals surface area contributed by atoms with E-state index in [0.29, 0.717) is 23.2 Å². The molecule has 1 fully saturated rings. The van der Waals surface area contributed by atoms with Gasteiger partial charge >= 0.3 is 0 Å². The first-order chi connectivity index (χ1) is 9.90. The molecule has 0 N–H and O–H groups in total. The van der Waals surface area contributed by atoms with Crippen LogP contribution in [0.3, 0.4) is 0 Å².